The van der Waals surface area contributed by atoms with Gasteiger partial charge >= 0.3 is 0 Å². The molecule has 0 bridgehead atoms. The number of imidazole rings is 1. The van der Waals surface area contributed by atoms with E-state index in [9.17, 15) is 4.39 Å². The van der Waals surface area contributed by atoms with Crippen LogP contribution in [0.2, 0.25) is 0 Å². The minimum Gasteiger partial charge on any atom is -0.356 e. The molecule has 124 valence electrons. The molecule has 0 aliphatic carbocycles. The maximum Gasteiger partial charge on any atom is 0.191 e. The molecule has 0 aliphatic rings. The molecule has 0 fully saturated rings. The van der Waals surface area contributed by atoms with E-state index in [-0.39, 0.29) is 5.82 Å². The Morgan fingerprint density at radius 3 is 2.61 bits per heavy atom. The highest BCUT2D eigenvalue weighted by molar-refractivity contribution is 5.79. The van der Waals surface area contributed by atoms with Crippen molar-refractivity contribution in [1.82, 2.24) is 20.2 Å². The molecule has 0 spiro atoms. The van der Waals surface area contributed by atoms with Crippen molar-refractivity contribution < 1.29 is 4.39 Å². The molecule has 0 atom stereocenters. The predicted molar refractivity (Wildman–Crippen MR) is 90.9 cm³/mol. The molecule has 23 heavy (non-hydrogen) atoms. The zero-order valence-corrected chi connectivity index (χ0v) is 13.9. The number of aromatic nitrogens is 2. The monoisotopic (exact) mass is 317 g/mol. The van der Waals surface area contributed by atoms with Crippen LogP contribution in [0.3, 0.4) is 0 Å². The molecule has 0 aliphatic heterocycles. The highest BCUT2D eigenvalue weighted by Gasteiger charge is 2.05. The summed E-state index contributed by atoms with van der Waals surface area (Å²) < 4.78 is 15.7. The van der Waals surface area contributed by atoms with Gasteiger partial charge in [0.2, 0.25) is 0 Å². The summed E-state index contributed by atoms with van der Waals surface area (Å²) in [6.45, 7) is 5.92. The van der Waals surface area contributed by atoms with Crippen LogP contribution in [0.15, 0.2) is 35.8 Å². The van der Waals surface area contributed by atoms with E-state index in [4.69, 9.17) is 0 Å². The van der Waals surface area contributed by atoms with Crippen LogP contribution in [-0.4, -0.2) is 29.1 Å². The zero-order chi connectivity index (χ0) is 16.7. The standard InChI is InChI=1S/C17H24FN5/c1-13-9-15(10-14(2)16(13)18)11-22-17(19-3)21-5-4-7-23-8-6-20-12-23/h6,8-10,12H,4-5,7,11H2,1-3H3,(H2,19,21,22). The summed E-state index contributed by atoms with van der Waals surface area (Å²) in [6.07, 6.45) is 6.52. The van der Waals surface area contributed by atoms with Gasteiger partial charge in [-0.05, 0) is 37.0 Å². The Hall–Kier alpha value is -2.37. The maximum atomic E-state index is 13.6. The van der Waals surface area contributed by atoms with Gasteiger partial charge in [-0.15, -0.1) is 0 Å². The molecule has 0 radical (unpaired) electrons. The third kappa shape index (κ3) is 5.09. The lowest BCUT2D eigenvalue weighted by atomic mass is 10.1. The first-order valence-electron chi connectivity index (χ1n) is 7.76. The van der Waals surface area contributed by atoms with Crippen molar-refractivity contribution in [1.29, 1.82) is 0 Å². The molecule has 0 unspecified atom stereocenters. The number of rotatable bonds is 6. The molecule has 2 rings (SSSR count). The van der Waals surface area contributed by atoms with Gasteiger partial charge in [-0.2, -0.15) is 0 Å². The van der Waals surface area contributed by atoms with E-state index in [0.717, 1.165) is 31.0 Å². The quantitative estimate of drug-likeness (QED) is 0.489. The van der Waals surface area contributed by atoms with E-state index in [1.807, 2.05) is 29.2 Å². The molecule has 2 N–H and O–H groups in total. The van der Waals surface area contributed by atoms with Gasteiger partial charge in [0.05, 0.1) is 6.33 Å². The van der Waals surface area contributed by atoms with Crippen molar-refractivity contribution in [3.8, 4) is 0 Å². The van der Waals surface area contributed by atoms with Crippen LogP contribution in [0.5, 0.6) is 0 Å². The van der Waals surface area contributed by atoms with Gasteiger partial charge in [0.15, 0.2) is 5.96 Å². The molecule has 6 heteroatoms. The fourth-order valence-electron chi connectivity index (χ4n) is 2.43. The van der Waals surface area contributed by atoms with Crippen molar-refractivity contribution in [3.05, 3.63) is 53.4 Å². The molecular formula is C17H24FN5. The second kappa shape index (κ2) is 8.31. The summed E-state index contributed by atoms with van der Waals surface area (Å²) >= 11 is 0. The summed E-state index contributed by atoms with van der Waals surface area (Å²) in [5, 5.41) is 6.52. The van der Waals surface area contributed by atoms with E-state index in [0.29, 0.717) is 17.7 Å². The molecule has 1 aromatic heterocycles. The molecule has 1 aromatic carbocycles. The average Bonchev–Trinajstić information content (AvgIpc) is 3.05. The number of hydrogen-bond donors (Lipinski definition) is 2. The van der Waals surface area contributed by atoms with E-state index in [2.05, 4.69) is 20.6 Å². The number of hydrogen-bond acceptors (Lipinski definition) is 2. The van der Waals surface area contributed by atoms with Gasteiger partial charge in [-0.3, -0.25) is 4.99 Å². The third-order valence-electron chi connectivity index (χ3n) is 3.62. The van der Waals surface area contributed by atoms with Crippen LogP contribution in [0.4, 0.5) is 4.39 Å². The number of aryl methyl sites for hydroxylation is 3. The molecule has 0 amide bonds. The van der Waals surface area contributed by atoms with E-state index in [1.165, 1.54) is 0 Å². The van der Waals surface area contributed by atoms with Gasteiger partial charge in [-0.25, -0.2) is 9.37 Å². The predicted octanol–water partition coefficient (Wildman–Crippen LogP) is 2.39. The van der Waals surface area contributed by atoms with E-state index < -0.39 is 0 Å². The first-order valence-corrected chi connectivity index (χ1v) is 7.76. The topological polar surface area (TPSA) is 54.2 Å². The normalized spacial score (nSPS) is 11.6. The van der Waals surface area contributed by atoms with Crippen LogP contribution in [0.1, 0.15) is 23.1 Å². The Morgan fingerprint density at radius 2 is 2.00 bits per heavy atom. The van der Waals surface area contributed by atoms with Crippen molar-refractivity contribution >= 4 is 5.96 Å². The highest BCUT2D eigenvalue weighted by atomic mass is 19.1. The van der Waals surface area contributed by atoms with Gasteiger partial charge in [0, 0.05) is 39.1 Å². The first-order chi connectivity index (χ1) is 11.1. The van der Waals surface area contributed by atoms with Crippen LogP contribution in [0, 0.1) is 19.7 Å². The molecule has 1 heterocycles. The van der Waals surface area contributed by atoms with Crippen molar-refractivity contribution in [3.63, 3.8) is 0 Å². The summed E-state index contributed by atoms with van der Waals surface area (Å²) in [6, 6.07) is 3.73. The fourth-order valence-corrected chi connectivity index (χ4v) is 2.43. The molecule has 0 saturated heterocycles. The lowest BCUT2D eigenvalue weighted by Crippen LogP contribution is -2.37. The van der Waals surface area contributed by atoms with Crippen LogP contribution in [-0.2, 0) is 13.1 Å². The largest absolute Gasteiger partial charge is 0.356 e. The van der Waals surface area contributed by atoms with Crippen molar-refractivity contribution in [2.45, 2.75) is 33.4 Å². The van der Waals surface area contributed by atoms with E-state index >= 15 is 0 Å². The number of guanidine groups is 1. The van der Waals surface area contributed by atoms with Crippen LogP contribution >= 0.6 is 0 Å². The second-order valence-corrected chi connectivity index (χ2v) is 5.55. The van der Waals surface area contributed by atoms with Crippen molar-refractivity contribution in [2.75, 3.05) is 13.6 Å². The zero-order valence-electron chi connectivity index (χ0n) is 13.9. The average molecular weight is 317 g/mol. The van der Waals surface area contributed by atoms with Crippen molar-refractivity contribution in [2.24, 2.45) is 4.99 Å². The SMILES string of the molecule is CN=C(NCCCn1ccnc1)NCc1cc(C)c(F)c(C)c1. The maximum absolute atomic E-state index is 13.6. The summed E-state index contributed by atoms with van der Waals surface area (Å²) in [5.74, 6) is 0.617. The number of aliphatic imine (C=N–C) groups is 1. The third-order valence-corrected chi connectivity index (χ3v) is 3.62. The smallest absolute Gasteiger partial charge is 0.191 e. The van der Waals surface area contributed by atoms with Gasteiger partial charge in [0.1, 0.15) is 5.82 Å². The molecule has 2 aromatic rings. The van der Waals surface area contributed by atoms with Gasteiger partial charge in [0.25, 0.3) is 0 Å². The molecule has 5 nitrogen and oxygen atoms in total. The van der Waals surface area contributed by atoms with Crippen LogP contribution in [0.25, 0.3) is 0 Å². The molecule has 0 saturated carbocycles. The fraction of sp³-hybridized carbons (Fsp3) is 0.412. The summed E-state index contributed by atoms with van der Waals surface area (Å²) in [7, 11) is 1.74. The minimum absolute atomic E-state index is 0.129. The Labute approximate surface area is 136 Å². The number of halogens is 1. The molecular weight excluding hydrogens is 293 g/mol. The highest BCUT2D eigenvalue weighted by Crippen LogP contribution is 2.14. The lowest BCUT2D eigenvalue weighted by Gasteiger charge is -2.13. The van der Waals surface area contributed by atoms with E-state index in [1.54, 1.807) is 27.1 Å². The number of benzene rings is 1. The Kier molecular flexibility index (Phi) is 6.14. The lowest BCUT2D eigenvalue weighted by molar-refractivity contribution is 0.607. The second-order valence-electron chi connectivity index (χ2n) is 5.55. The summed E-state index contributed by atoms with van der Waals surface area (Å²) in [5.41, 5.74) is 2.39. The van der Waals surface area contributed by atoms with Crippen LogP contribution < -0.4 is 10.6 Å². The first kappa shape index (κ1) is 17.0. The number of nitrogens with zero attached hydrogens (tertiary/aromatic N) is 3. The Morgan fingerprint density at radius 1 is 1.26 bits per heavy atom. The number of nitrogens with one attached hydrogen (secondary N) is 2. The van der Waals surface area contributed by atoms with Gasteiger partial charge in [-0.1, -0.05) is 12.1 Å². The Bertz CT molecular complexity index is 626. The Balaban J connectivity index is 1.76. The summed E-state index contributed by atoms with van der Waals surface area (Å²) in [4.78, 5) is 8.22. The minimum atomic E-state index is -0.129. The van der Waals surface area contributed by atoms with Gasteiger partial charge < -0.3 is 15.2 Å².